The Morgan fingerprint density at radius 3 is 2.05 bits per heavy atom. The van der Waals surface area contributed by atoms with E-state index >= 15 is 0 Å². The Balaban J connectivity index is 1.90. The van der Waals surface area contributed by atoms with Crippen molar-refractivity contribution in [3.63, 3.8) is 0 Å². The molecule has 0 nitrogen and oxygen atoms in total. The van der Waals surface area contributed by atoms with E-state index in [2.05, 4.69) is 72.8 Å². The van der Waals surface area contributed by atoms with Gasteiger partial charge in [-0.2, -0.15) is 0 Å². The van der Waals surface area contributed by atoms with Gasteiger partial charge in [0.25, 0.3) is 0 Å². The van der Waals surface area contributed by atoms with Crippen LogP contribution in [0.5, 0.6) is 0 Å². The molecular formula is C18H16Se2. The van der Waals surface area contributed by atoms with Crippen LogP contribution < -0.4 is 0 Å². The maximum atomic E-state index is 2.50. The van der Waals surface area contributed by atoms with Gasteiger partial charge in [0.2, 0.25) is 0 Å². The number of rotatable bonds is 2. The molecule has 2 heteroatoms. The first-order chi connectivity index (χ1) is 9.91. The number of hydrogen-bond acceptors (Lipinski definition) is 0. The van der Waals surface area contributed by atoms with E-state index in [4.69, 9.17) is 0 Å². The average molecular weight is 390 g/mol. The zero-order valence-corrected chi connectivity index (χ0v) is 14.5. The van der Waals surface area contributed by atoms with Crippen LogP contribution in [-0.4, -0.2) is 26.3 Å². The van der Waals surface area contributed by atoms with E-state index < -0.39 is 0 Å². The SMILES string of the molecule is C1=CC2[Se][Se]C(c3ccccc3)(c3ccccc3)C2C1. The van der Waals surface area contributed by atoms with Crippen molar-refractivity contribution < 1.29 is 0 Å². The molecule has 1 saturated heterocycles. The van der Waals surface area contributed by atoms with Crippen molar-refractivity contribution in [2.75, 3.05) is 0 Å². The van der Waals surface area contributed by atoms with Crippen LogP contribution >= 0.6 is 0 Å². The fourth-order valence-corrected chi connectivity index (χ4v) is 15.9. The van der Waals surface area contributed by atoms with Gasteiger partial charge in [0, 0.05) is 0 Å². The van der Waals surface area contributed by atoms with Crippen LogP contribution in [0.3, 0.4) is 0 Å². The normalized spacial score (nSPS) is 26.6. The molecule has 20 heavy (non-hydrogen) atoms. The van der Waals surface area contributed by atoms with Gasteiger partial charge in [-0.3, -0.25) is 0 Å². The molecule has 0 saturated carbocycles. The first-order valence-corrected chi connectivity index (χ1v) is 13.2. The third-order valence-electron chi connectivity index (χ3n) is 4.33. The van der Waals surface area contributed by atoms with E-state index in [1.54, 1.807) is 11.1 Å². The minimum atomic E-state index is 0.309. The molecule has 2 atom stereocenters. The number of allylic oxidation sites excluding steroid dienone is 2. The number of fused-ring (bicyclic) bond motifs is 1. The molecule has 2 unspecified atom stereocenters. The van der Waals surface area contributed by atoms with Crippen molar-refractivity contribution in [2.24, 2.45) is 5.92 Å². The summed E-state index contributed by atoms with van der Waals surface area (Å²) in [6, 6.07) is 22.5. The van der Waals surface area contributed by atoms with Crippen molar-refractivity contribution in [2.45, 2.75) is 15.6 Å². The van der Waals surface area contributed by atoms with Crippen LogP contribution in [-0.2, 0) is 4.31 Å². The Kier molecular flexibility index (Phi) is 3.36. The standard InChI is InChI=1S/C18H16Se2/c1-3-8-14(9-4-1)18(15-10-5-2-6-11-15)16-12-7-13-17(16)19-20-18/h1-11,13,16-17H,12H2. The molecule has 1 heterocycles. The fourth-order valence-electron chi connectivity index (χ4n) is 3.38. The molecule has 0 spiro atoms. The molecule has 2 aromatic rings. The summed E-state index contributed by atoms with van der Waals surface area (Å²) in [4.78, 5) is 0.864. The van der Waals surface area contributed by atoms with Gasteiger partial charge in [-0.05, 0) is 0 Å². The number of hydrogen-bond donors (Lipinski definition) is 0. The van der Waals surface area contributed by atoms with Crippen LogP contribution in [0, 0.1) is 5.92 Å². The number of benzene rings is 2. The summed E-state index contributed by atoms with van der Waals surface area (Å²) >= 11 is 1.49. The average Bonchev–Trinajstić information content (AvgIpc) is 3.11. The van der Waals surface area contributed by atoms with Crippen LogP contribution in [0.2, 0.25) is 4.82 Å². The van der Waals surface area contributed by atoms with Gasteiger partial charge in [-0.25, -0.2) is 0 Å². The molecule has 1 fully saturated rings. The minimum absolute atomic E-state index is 0.309. The monoisotopic (exact) mass is 392 g/mol. The van der Waals surface area contributed by atoms with Crippen LogP contribution in [0.15, 0.2) is 72.8 Å². The molecule has 2 aliphatic rings. The van der Waals surface area contributed by atoms with Gasteiger partial charge in [0.05, 0.1) is 0 Å². The van der Waals surface area contributed by atoms with E-state index in [9.17, 15) is 0 Å². The van der Waals surface area contributed by atoms with Gasteiger partial charge in [-0.15, -0.1) is 0 Å². The zero-order valence-electron chi connectivity index (χ0n) is 11.1. The molecule has 0 amide bonds. The first-order valence-electron chi connectivity index (χ1n) is 7.03. The van der Waals surface area contributed by atoms with Crippen LogP contribution in [0.25, 0.3) is 0 Å². The second kappa shape index (κ2) is 5.20. The third-order valence-corrected chi connectivity index (χ3v) is 14.5. The first kappa shape index (κ1) is 12.9. The second-order valence-corrected chi connectivity index (χ2v) is 12.5. The topological polar surface area (TPSA) is 0 Å². The van der Waals surface area contributed by atoms with E-state index in [-0.39, 0.29) is 0 Å². The van der Waals surface area contributed by atoms with Gasteiger partial charge in [0.1, 0.15) is 0 Å². The molecule has 2 aromatic carbocycles. The predicted octanol–water partition coefficient (Wildman–Crippen LogP) is 3.63. The summed E-state index contributed by atoms with van der Waals surface area (Å²) in [5.74, 6) is 0.798. The summed E-state index contributed by atoms with van der Waals surface area (Å²) in [6.07, 6.45) is 6.19. The van der Waals surface area contributed by atoms with E-state index in [0.29, 0.717) is 17.4 Å². The van der Waals surface area contributed by atoms with Crippen molar-refractivity contribution in [1.29, 1.82) is 0 Å². The summed E-state index contributed by atoms with van der Waals surface area (Å²) < 4.78 is 0.309. The van der Waals surface area contributed by atoms with Crippen molar-refractivity contribution >= 4 is 26.3 Å². The Morgan fingerprint density at radius 2 is 1.45 bits per heavy atom. The van der Waals surface area contributed by atoms with Crippen molar-refractivity contribution in [1.82, 2.24) is 0 Å². The van der Waals surface area contributed by atoms with Crippen molar-refractivity contribution in [3.05, 3.63) is 83.9 Å². The Morgan fingerprint density at radius 1 is 0.850 bits per heavy atom. The molecule has 0 aromatic heterocycles. The van der Waals surface area contributed by atoms with Crippen LogP contribution in [0.1, 0.15) is 17.5 Å². The quantitative estimate of drug-likeness (QED) is 0.543. The van der Waals surface area contributed by atoms with E-state index in [0.717, 1.165) is 23.9 Å². The summed E-state index contributed by atoms with van der Waals surface area (Å²) in [6.45, 7) is 0. The third kappa shape index (κ3) is 1.87. The Hall–Kier alpha value is -0.781. The maximum absolute atomic E-state index is 2.50. The van der Waals surface area contributed by atoms with Gasteiger partial charge >= 0.3 is 132 Å². The second-order valence-electron chi connectivity index (χ2n) is 5.38. The van der Waals surface area contributed by atoms with E-state index in [1.807, 2.05) is 0 Å². The molecule has 1 aliphatic heterocycles. The molecular weight excluding hydrogens is 374 g/mol. The molecule has 0 bridgehead atoms. The predicted molar refractivity (Wildman–Crippen MR) is 86.2 cm³/mol. The van der Waals surface area contributed by atoms with Gasteiger partial charge in [-0.1, -0.05) is 0 Å². The Bertz CT molecular complexity index is 579. The Labute approximate surface area is 131 Å². The molecule has 1 aliphatic carbocycles. The van der Waals surface area contributed by atoms with E-state index in [1.165, 1.54) is 6.42 Å². The molecule has 0 radical (unpaired) electrons. The molecule has 4 rings (SSSR count). The summed E-state index contributed by atoms with van der Waals surface area (Å²) in [5, 5.41) is 0. The summed E-state index contributed by atoms with van der Waals surface area (Å²) in [5.41, 5.74) is 3.09. The van der Waals surface area contributed by atoms with Crippen LogP contribution in [0.4, 0.5) is 0 Å². The zero-order chi connectivity index (χ0) is 13.4. The van der Waals surface area contributed by atoms with Gasteiger partial charge < -0.3 is 0 Å². The van der Waals surface area contributed by atoms with Crippen molar-refractivity contribution in [3.8, 4) is 0 Å². The van der Waals surface area contributed by atoms with Gasteiger partial charge in [0.15, 0.2) is 0 Å². The fraction of sp³-hybridized carbons (Fsp3) is 0.222. The molecule has 0 N–H and O–H groups in total. The molecule has 100 valence electrons. The summed E-state index contributed by atoms with van der Waals surface area (Å²) in [7, 11) is 0.